The second kappa shape index (κ2) is 6.58. The summed E-state index contributed by atoms with van der Waals surface area (Å²) in [6, 6.07) is 19.8. The van der Waals surface area contributed by atoms with Crippen molar-refractivity contribution < 1.29 is 0 Å². The summed E-state index contributed by atoms with van der Waals surface area (Å²) in [6.07, 6.45) is 1.75. The van der Waals surface area contributed by atoms with Gasteiger partial charge in [-0.2, -0.15) is 4.98 Å². The Morgan fingerprint density at radius 2 is 1.82 bits per heavy atom. The first kappa shape index (κ1) is 14.5. The van der Waals surface area contributed by atoms with Gasteiger partial charge in [0.15, 0.2) is 0 Å². The summed E-state index contributed by atoms with van der Waals surface area (Å²) in [6.45, 7) is 0. The van der Waals surface area contributed by atoms with Crippen molar-refractivity contribution in [3.63, 3.8) is 0 Å². The Morgan fingerprint density at radius 3 is 2.59 bits per heavy atom. The molecule has 2 aromatic carbocycles. The Morgan fingerprint density at radius 1 is 1.00 bits per heavy atom. The number of halogens is 1. The number of anilines is 4. The molecule has 0 bridgehead atoms. The topological polar surface area (TPSA) is 41.1 Å². The summed E-state index contributed by atoms with van der Waals surface area (Å²) in [5, 5.41) is 3.28. The number of nitrogens with one attached hydrogen (secondary N) is 1. The Kier molecular flexibility index (Phi) is 4.34. The molecule has 0 amide bonds. The minimum absolute atomic E-state index is 0.645. The highest BCUT2D eigenvalue weighted by atomic mass is 79.9. The molecule has 0 spiro atoms. The summed E-state index contributed by atoms with van der Waals surface area (Å²) >= 11 is 3.46. The van der Waals surface area contributed by atoms with Crippen molar-refractivity contribution in [2.75, 3.05) is 17.3 Å². The molecule has 22 heavy (non-hydrogen) atoms. The SMILES string of the molecule is CN(c1ccccc1)c1nccc(Nc2cccc(Br)c2)n1. The normalized spacial score (nSPS) is 10.3. The molecule has 0 atom stereocenters. The Bertz CT molecular complexity index is 761. The lowest BCUT2D eigenvalue weighted by atomic mass is 10.3. The molecule has 0 saturated heterocycles. The number of rotatable bonds is 4. The van der Waals surface area contributed by atoms with Crippen molar-refractivity contribution in [2.45, 2.75) is 0 Å². The first-order valence-electron chi connectivity index (χ1n) is 6.87. The highest BCUT2D eigenvalue weighted by Gasteiger charge is 2.07. The van der Waals surface area contributed by atoms with Crippen LogP contribution in [-0.2, 0) is 0 Å². The lowest BCUT2D eigenvalue weighted by Gasteiger charge is -2.17. The third-order valence-electron chi connectivity index (χ3n) is 3.18. The van der Waals surface area contributed by atoms with E-state index in [0.717, 1.165) is 21.7 Å². The summed E-state index contributed by atoms with van der Waals surface area (Å²) in [7, 11) is 1.95. The van der Waals surface area contributed by atoms with E-state index >= 15 is 0 Å². The molecule has 0 radical (unpaired) electrons. The minimum Gasteiger partial charge on any atom is -0.340 e. The van der Waals surface area contributed by atoms with Gasteiger partial charge in [-0.05, 0) is 36.4 Å². The average molecular weight is 355 g/mol. The molecule has 1 N–H and O–H groups in total. The van der Waals surface area contributed by atoms with E-state index in [4.69, 9.17) is 0 Å². The van der Waals surface area contributed by atoms with E-state index in [2.05, 4.69) is 31.2 Å². The zero-order chi connectivity index (χ0) is 15.4. The molecule has 0 unspecified atom stereocenters. The van der Waals surface area contributed by atoms with Gasteiger partial charge in [0.25, 0.3) is 0 Å². The number of para-hydroxylation sites is 1. The zero-order valence-electron chi connectivity index (χ0n) is 12.1. The maximum Gasteiger partial charge on any atom is 0.231 e. The van der Waals surface area contributed by atoms with Crippen LogP contribution in [0.3, 0.4) is 0 Å². The second-order valence-electron chi connectivity index (χ2n) is 4.77. The molecule has 0 fully saturated rings. The van der Waals surface area contributed by atoms with Gasteiger partial charge in [-0.15, -0.1) is 0 Å². The van der Waals surface area contributed by atoms with Crippen molar-refractivity contribution in [3.05, 3.63) is 71.3 Å². The van der Waals surface area contributed by atoms with E-state index in [-0.39, 0.29) is 0 Å². The van der Waals surface area contributed by atoms with Gasteiger partial charge < -0.3 is 10.2 Å². The van der Waals surface area contributed by atoms with E-state index in [0.29, 0.717) is 5.95 Å². The highest BCUT2D eigenvalue weighted by Crippen LogP contribution is 2.23. The predicted octanol–water partition coefficient (Wildman–Crippen LogP) is 4.75. The molecule has 4 nitrogen and oxygen atoms in total. The maximum atomic E-state index is 4.56. The van der Waals surface area contributed by atoms with Crippen LogP contribution in [0.5, 0.6) is 0 Å². The summed E-state index contributed by atoms with van der Waals surface area (Å²) in [5.74, 6) is 1.40. The fourth-order valence-electron chi connectivity index (χ4n) is 2.06. The number of nitrogens with zero attached hydrogens (tertiary/aromatic N) is 3. The maximum absolute atomic E-state index is 4.56. The lowest BCUT2D eigenvalue weighted by molar-refractivity contribution is 1.04. The Hall–Kier alpha value is -2.40. The fraction of sp³-hybridized carbons (Fsp3) is 0.0588. The van der Waals surface area contributed by atoms with Gasteiger partial charge in [-0.3, -0.25) is 0 Å². The molecular formula is C17H15BrN4. The van der Waals surface area contributed by atoms with E-state index < -0.39 is 0 Å². The quantitative estimate of drug-likeness (QED) is 0.733. The van der Waals surface area contributed by atoms with Crippen LogP contribution in [-0.4, -0.2) is 17.0 Å². The number of benzene rings is 2. The standard InChI is InChI=1S/C17H15BrN4/c1-22(15-8-3-2-4-9-15)17-19-11-10-16(21-17)20-14-7-5-6-13(18)12-14/h2-12H,1H3,(H,19,20,21). The van der Waals surface area contributed by atoms with Crippen molar-refractivity contribution in [2.24, 2.45) is 0 Å². The molecular weight excluding hydrogens is 340 g/mol. The van der Waals surface area contributed by atoms with Gasteiger partial charge in [-0.1, -0.05) is 40.2 Å². The molecule has 0 saturated carbocycles. The van der Waals surface area contributed by atoms with Crippen LogP contribution in [0, 0.1) is 0 Å². The van der Waals surface area contributed by atoms with Gasteiger partial charge in [0, 0.05) is 29.1 Å². The van der Waals surface area contributed by atoms with E-state index in [1.54, 1.807) is 6.20 Å². The number of aromatic nitrogens is 2. The van der Waals surface area contributed by atoms with Gasteiger partial charge in [0.05, 0.1) is 0 Å². The van der Waals surface area contributed by atoms with Gasteiger partial charge >= 0.3 is 0 Å². The van der Waals surface area contributed by atoms with Crippen LogP contribution in [0.1, 0.15) is 0 Å². The summed E-state index contributed by atoms with van der Waals surface area (Å²) in [5.41, 5.74) is 2.02. The van der Waals surface area contributed by atoms with Crippen molar-refractivity contribution in [1.29, 1.82) is 0 Å². The molecule has 5 heteroatoms. The molecule has 0 aliphatic heterocycles. The molecule has 3 rings (SSSR count). The number of hydrogen-bond donors (Lipinski definition) is 1. The second-order valence-corrected chi connectivity index (χ2v) is 5.69. The van der Waals surface area contributed by atoms with Crippen LogP contribution in [0.15, 0.2) is 71.3 Å². The monoisotopic (exact) mass is 354 g/mol. The number of hydrogen-bond acceptors (Lipinski definition) is 4. The third-order valence-corrected chi connectivity index (χ3v) is 3.68. The van der Waals surface area contributed by atoms with Crippen LogP contribution >= 0.6 is 15.9 Å². The van der Waals surface area contributed by atoms with Crippen molar-refractivity contribution in [1.82, 2.24) is 9.97 Å². The van der Waals surface area contributed by atoms with Crippen molar-refractivity contribution in [3.8, 4) is 0 Å². The molecule has 1 aromatic heterocycles. The van der Waals surface area contributed by atoms with Crippen LogP contribution in [0.25, 0.3) is 0 Å². The zero-order valence-corrected chi connectivity index (χ0v) is 13.7. The Balaban J connectivity index is 1.83. The minimum atomic E-state index is 0.645. The first-order chi connectivity index (χ1) is 10.7. The lowest BCUT2D eigenvalue weighted by Crippen LogP contribution is -2.13. The fourth-order valence-corrected chi connectivity index (χ4v) is 2.46. The molecule has 0 aliphatic rings. The Labute approximate surface area is 138 Å². The molecule has 110 valence electrons. The van der Waals surface area contributed by atoms with Gasteiger partial charge in [0.2, 0.25) is 5.95 Å². The smallest absolute Gasteiger partial charge is 0.231 e. The highest BCUT2D eigenvalue weighted by molar-refractivity contribution is 9.10. The first-order valence-corrected chi connectivity index (χ1v) is 7.66. The van der Waals surface area contributed by atoms with Gasteiger partial charge in [0.1, 0.15) is 5.82 Å². The molecule has 3 aromatic rings. The van der Waals surface area contributed by atoms with E-state index in [1.165, 1.54) is 0 Å². The molecule has 1 heterocycles. The summed E-state index contributed by atoms with van der Waals surface area (Å²) < 4.78 is 1.02. The van der Waals surface area contributed by atoms with E-state index in [9.17, 15) is 0 Å². The average Bonchev–Trinajstić information content (AvgIpc) is 2.55. The predicted molar refractivity (Wildman–Crippen MR) is 94.0 cm³/mol. The largest absolute Gasteiger partial charge is 0.340 e. The summed E-state index contributed by atoms with van der Waals surface area (Å²) in [4.78, 5) is 10.9. The van der Waals surface area contributed by atoms with Crippen LogP contribution in [0.4, 0.5) is 23.1 Å². The van der Waals surface area contributed by atoms with E-state index in [1.807, 2.05) is 72.6 Å². The van der Waals surface area contributed by atoms with Crippen LogP contribution in [0.2, 0.25) is 0 Å². The van der Waals surface area contributed by atoms with Crippen LogP contribution < -0.4 is 10.2 Å². The third kappa shape index (κ3) is 3.43. The molecule has 0 aliphatic carbocycles. The van der Waals surface area contributed by atoms with Gasteiger partial charge in [-0.25, -0.2) is 4.98 Å². The van der Waals surface area contributed by atoms with Crippen molar-refractivity contribution >= 4 is 39.1 Å².